The number of hydrogen-bond donors (Lipinski definition) is 0. The summed E-state index contributed by atoms with van der Waals surface area (Å²) in [4.78, 5) is 25.0. The van der Waals surface area contributed by atoms with E-state index in [0.717, 1.165) is 5.56 Å². The first-order valence-corrected chi connectivity index (χ1v) is 8.02. The van der Waals surface area contributed by atoms with Gasteiger partial charge in [-0.1, -0.05) is 41.9 Å². The van der Waals surface area contributed by atoms with Crippen LogP contribution in [0.25, 0.3) is 6.08 Å². The van der Waals surface area contributed by atoms with E-state index in [4.69, 9.17) is 16.3 Å². The standard InChI is InChI=1S/C19H16ClNO3/c20-15-8-6-14(7-9-15)12-17(24-16-4-2-1-3-5-16)13-21-18(22)10-11-19(21)23/h1-9,12H,10-11,13H2/b17-12-. The minimum Gasteiger partial charge on any atom is -0.460 e. The maximum absolute atomic E-state index is 11.9. The van der Waals surface area contributed by atoms with E-state index in [1.807, 2.05) is 48.5 Å². The zero-order valence-corrected chi connectivity index (χ0v) is 13.7. The van der Waals surface area contributed by atoms with Crippen LogP contribution in [0, 0.1) is 0 Å². The van der Waals surface area contributed by atoms with Crippen molar-refractivity contribution in [3.8, 4) is 5.75 Å². The van der Waals surface area contributed by atoms with E-state index < -0.39 is 0 Å². The molecule has 0 spiro atoms. The Morgan fingerprint density at radius 3 is 2.25 bits per heavy atom. The van der Waals surface area contributed by atoms with E-state index in [1.54, 1.807) is 12.1 Å². The van der Waals surface area contributed by atoms with Gasteiger partial charge in [0.05, 0.1) is 6.54 Å². The number of carbonyl (C=O) groups excluding carboxylic acids is 2. The fraction of sp³-hybridized carbons (Fsp3) is 0.158. The second-order valence-electron chi connectivity index (χ2n) is 5.45. The summed E-state index contributed by atoms with van der Waals surface area (Å²) in [5.41, 5.74) is 0.879. The molecule has 2 amide bonds. The van der Waals surface area contributed by atoms with Crippen molar-refractivity contribution >= 4 is 29.5 Å². The predicted molar refractivity (Wildman–Crippen MR) is 92.5 cm³/mol. The molecule has 0 aromatic heterocycles. The van der Waals surface area contributed by atoms with Crippen molar-refractivity contribution in [3.05, 3.63) is 70.9 Å². The van der Waals surface area contributed by atoms with Crippen LogP contribution < -0.4 is 4.74 Å². The van der Waals surface area contributed by atoms with Gasteiger partial charge in [0.15, 0.2) is 0 Å². The highest BCUT2D eigenvalue weighted by molar-refractivity contribution is 6.30. The Labute approximate surface area is 145 Å². The van der Waals surface area contributed by atoms with Gasteiger partial charge in [-0.3, -0.25) is 14.5 Å². The van der Waals surface area contributed by atoms with E-state index in [9.17, 15) is 9.59 Å². The Bertz CT molecular complexity index is 753. The second kappa shape index (κ2) is 7.32. The topological polar surface area (TPSA) is 46.6 Å². The first-order chi connectivity index (χ1) is 11.6. The molecule has 1 saturated heterocycles. The van der Waals surface area contributed by atoms with Crippen LogP contribution in [0.5, 0.6) is 5.75 Å². The molecule has 1 fully saturated rings. The molecule has 0 radical (unpaired) electrons. The number of nitrogens with zero attached hydrogens (tertiary/aromatic N) is 1. The third-order valence-corrected chi connectivity index (χ3v) is 3.91. The molecule has 0 unspecified atom stereocenters. The Kier molecular flexibility index (Phi) is 4.96. The summed E-state index contributed by atoms with van der Waals surface area (Å²) in [6, 6.07) is 16.5. The molecule has 2 aromatic carbocycles. The van der Waals surface area contributed by atoms with Crippen LogP contribution in [-0.4, -0.2) is 23.3 Å². The smallest absolute Gasteiger partial charge is 0.230 e. The monoisotopic (exact) mass is 341 g/mol. The molecule has 1 heterocycles. The summed E-state index contributed by atoms with van der Waals surface area (Å²) in [6.45, 7) is 0.120. The molecule has 5 heteroatoms. The lowest BCUT2D eigenvalue weighted by atomic mass is 10.2. The molecular formula is C19H16ClNO3. The van der Waals surface area contributed by atoms with Gasteiger partial charge in [0, 0.05) is 17.9 Å². The summed E-state index contributed by atoms with van der Waals surface area (Å²) in [5, 5.41) is 0.641. The summed E-state index contributed by atoms with van der Waals surface area (Å²) < 4.78 is 5.89. The number of rotatable bonds is 5. The maximum Gasteiger partial charge on any atom is 0.230 e. The van der Waals surface area contributed by atoms with Crippen molar-refractivity contribution < 1.29 is 14.3 Å². The highest BCUT2D eigenvalue weighted by atomic mass is 35.5. The van der Waals surface area contributed by atoms with Crippen LogP contribution in [-0.2, 0) is 9.59 Å². The number of benzene rings is 2. The van der Waals surface area contributed by atoms with Crippen molar-refractivity contribution in [1.29, 1.82) is 0 Å². The number of carbonyl (C=O) groups is 2. The summed E-state index contributed by atoms with van der Waals surface area (Å²) in [6.07, 6.45) is 2.33. The summed E-state index contributed by atoms with van der Waals surface area (Å²) >= 11 is 5.90. The first-order valence-electron chi connectivity index (χ1n) is 7.64. The average Bonchev–Trinajstić information content (AvgIpc) is 2.90. The van der Waals surface area contributed by atoms with Gasteiger partial charge >= 0.3 is 0 Å². The molecular weight excluding hydrogens is 326 g/mol. The van der Waals surface area contributed by atoms with Crippen LogP contribution in [0.4, 0.5) is 0 Å². The van der Waals surface area contributed by atoms with Crippen molar-refractivity contribution in [2.24, 2.45) is 0 Å². The molecule has 0 atom stereocenters. The van der Waals surface area contributed by atoms with Gasteiger partial charge in [0.2, 0.25) is 11.8 Å². The molecule has 4 nitrogen and oxygen atoms in total. The maximum atomic E-state index is 11.9. The number of ether oxygens (including phenoxy) is 1. The van der Waals surface area contributed by atoms with Crippen LogP contribution in [0.3, 0.4) is 0 Å². The lowest BCUT2D eigenvalue weighted by Gasteiger charge is -2.17. The van der Waals surface area contributed by atoms with E-state index >= 15 is 0 Å². The van der Waals surface area contributed by atoms with Gasteiger partial charge in [0.1, 0.15) is 11.5 Å². The highest BCUT2D eigenvalue weighted by Crippen LogP contribution is 2.20. The average molecular weight is 342 g/mol. The first kappa shape index (κ1) is 16.3. The van der Waals surface area contributed by atoms with Crippen molar-refractivity contribution in [2.75, 3.05) is 6.54 Å². The van der Waals surface area contributed by atoms with Crippen molar-refractivity contribution in [1.82, 2.24) is 4.90 Å². The Hall–Kier alpha value is -2.59. The lowest BCUT2D eigenvalue weighted by molar-refractivity contribution is -0.138. The quantitative estimate of drug-likeness (QED) is 0.612. The zero-order valence-electron chi connectivity index (χ0n) is 12.9. The molecule has 122 valence electrons. The van der Waals surface area contributed by atoms with E-state index in [2.05, 4.69) is 0 Å². The van der Waals surface area contributed by atoms with Gasteiger partial charge in [-0.15, -0.1) is 0 Å². The summed E-state index contributed by atoms with van der Waals surface area (Å²) in [5.74, 6) is 0.835. The Morgan fingerprint density at radius 1 is 1.00 bits per heavy atom. The number of para-hydroxylation sites is 1. The molecule has 0 aliphatic carbocycles. The van der Waals surface area contributed by atoms with Gasteiger partial charge in [-0.25, -0.2) is 0 Å². The number of imide groups is 1. The molecule has 2 aromatic rings. The van der Waals surface area contributed by atoms with Crippen LogP contribution >= 0.6 is 11.6 Å². The molecule has 0 N–H and O–H groups in total. The fourth-order valence-corrected chi connectivity index (χ4v) is 2.57. The fourth-order valence-electron chi connectivity index (χ4n) is 2.45. The normalized spacial score (nSPS) is 15.0. The summed E-state index contributed by atoms with van der Waals surface area (Å²) in [7, 11) is 0. The van der Waals surface area contributed by atoms with Crippen molar-refractivity contribution in [3.63, 3.8) is 0 Å². The van der Waals surface area contributed by atoms with Crippen molar-refractivity contribution in [2.45, 2.75) is 12.8 Å². The minimum atomic E-state index is -0.168. The van der Waals surface area contributed by atoms with E-state index in [1.165, 1.54) is 4.90 Å². The SMILES string of the molecule is O=C1CCC(=O)N1C/C(=C/c1ccc(Cl)cc1)Oc1ccccc1. The number of halogens is 1. The predicted octanol–water partition coefficient (Wildman–Crippen LogP) is 3.91. The van der Waals surface area contributed by atoms with E-state index in [-0.39, 0.29) is 31.2 Å². The zero-order chi connectivity index (χ0) is 16.9. The number of hydrogen-bond acceptors (Lipinski definition) is 3. The molecule has 1 aliphatic heterocycles. The Morgan fingerprint density at radius 2 is 1.62 bits per heavy atom. The lowest BCUT2D eigenvalue weighted by Crippen LogP contribution is -2.32. The third-order valence-electron chi connectivity index (χ3n) is 3.66. The van der Waals surface area contributed by atoms with Gasteiger partial charge in [0.25, 0.3) is 0 Å². The molecule has 0 saturated carbocycles. The minimum absolute atomic E-state index is 0.120. The highest BCUT2D eigenvalue weighted by Gasteiger charge is 2.29. The van der Waals surface area contributed by atoms with Gasteiger partial charge in [-0.05, 0) is 35.9 Å². The van der Waals surface area contributed by atoms with Crippen LogP contribution in [0.1, 0.15) is 18.4 Å². The second-order valence-corrected chi connectivity index (χ2v) is 5.89. The van der Waals surface area contributed by atoms with Crippen LogP contribution in [0.15, 0.2) is 60.4 Å². The molecule has 24 heavy (non-hydrogen) atoms. The molecule has 0 bridgehead atoms. The number of amides is 2. The van der Waals surface area contributed by atoms with Gasteiger partial charge in [-0.2, -0.15) is 0 Å². The van der Waals surface area contributed by atoms with E-state index in [0.29, 0.717) is 16.5 Å². The molecule has 3 rings (SSSR count). The largest absolute Gasteiger partial charge is 0.460 e. The Balaban J connectivity index is 1.86. The molecule has 1 aliphatic rings. The van der Waals surface area contributed by atoms with Crippen LogP contribution in [0.2, 0.25) is 5.02 Å². The van der Waals surface area contributed by atoms with Gasteiger partial charge < -0.3 is 4.74 Å². The number of likely N-dealkylation sites (tertiary alicyclic amines) is 1. The third kappa shape index (κ3) is 4.03.